The van der Waals surface area contributed by atoms with Crippen molar-refractivity contribution in [2.45, 2.75) is 20.8 Å². The molecule has 0 spiro atoms. The fourth-order valence-electron chi connectivity index (χ4n) is 0.558. The van der Waals surface area contributed by atoms with Gasteiger partial charge < -0.3 is 0 Å². The molecule has 2 heteroatoms. The van der Waals surface area contributed by atoms with Crippen LogP contribution in [-0.2, 0) is 0 Å². The van der Waals surface area contributed by atoms with Gasteiger partial charge in [0.2, 0.25) is 0 Å². The number of hydrogen-bond acceptors (Lipinski definition) is 2. The summed E-state index contributed by atoms with van der Waals surface area (Å²) in [6, 6.07) is 0. The minimum absolute atomic E-state index is 0.0168. The van der Waals surface area contributed by atoms with E-state index in [-0.39, 0.29) is 5.41 Å². The number of rotatable bonds is 2. The maximum atomic E-state index is 3.83. The lowest BCUT2D eigenvalue weighted by Crippen LogP contribution is -2.06. The molecule has 0 N–H and O–H groups in total. The van der Waals surface area contributed by atoms with Crippen LogP contribution in [0.4, 0.5) is 0 Å². The molecule has 0 aliphatic carbocycles. The first-order chi connectivity index (χ1) is 4.52. The van der Waals surface area contributed by atoms with Gasteiger partial charge in [0.05, 0.1) is 5.70 Å². The highest BCUT2D eigenvalue weighted by Gasteiger charge is 2.14. The van der Waals surface area contributed by atoms with Crippen molar-refractivity contribution in [3.63, 3.8) is 0 Å². The lowest BCUT2D eigenvalue weighted by Gasteiger charge is -2.17. The van der Waals surface area contributed by atoms with Crippen molar-refractivity contribution in [1.82, 2.24) is 0 Å². The minimum atomic E-state index is 0.0168. The predicted octanol–water partition coefficient (Wildman–Crippen LogP) is 2.28. The molecule has 0 fully saturated rings. The molecule has 0 unspecified atom stereocenters. The Morgan fingerprint density at radius 2 is 1.80 bits per heavy atom. The van der Waals surface area contributed by atoms with Gasteiger partial charge in [-0.2, -0.15) is 0 Å². The van der Waals surface area contributed by atoms with Gasteiger partial charge in [-0.3, -0.25) is 9.98 Å². The molecule has 0 bridgehead atoms. The van der Waals surface area contributed by atoms with E-state index in [9.17, 15) is 0 Å². The largest absolute Gasteiger partial charge is 0.271 e. The van der Waals surface area contributed by atoms with Crippen LogP contribution in [0, 0.1) is 5.41 Å². The number of nitrogens with zero attached hydrogens (tertiary/aromatic N) is 2. The molecular weight excluding hydrogens is 124 g/mol. The van der Waals surface area contributed by atoms with Crippen molar-refractivity contribution >= 4 is 13.4 Å². The average Bonchev–Trinajstić information content (AvgIpc) is 1.80. The fraction of sp³-hybridized carbons (Fsp3) is 0.500. The summed E-state index contributed by atoms with van der Waals surface area (Å²) in [5.41, 5.74) is 0.880. The molecule has 10 heavy (non-hydrogen) atoms. The van der Waals surface area contributed by atoms with Crippen LogP contribution < -0.4 is 0 Å². The van der Waals surface area contributed by atoms with Gasteiger partial charge in [0.15, 0.2) is 0 Å². The summed E-state index contributed by atoms with van der Waals surface area (Å²) in [5, 5.41) is 0. The lowest BCUT2D eigenvalue weighted by atomic mass is 9.93. The third-order valence-electron chi connectivity index (χ3n) is 1.15. The minimum Gasteiger partial charge on any atom is -0.271 e. The Balaban J connectivity index is 4.51. The van der Waals surface area contributed by atoms with Gasteiger partial charge >= 0.3 is 0 Å². The first-order valence-electron chi connectivity index (χ1n) is 3.15. The fourth-order valence-corrected chi connectivity index (χ4v) is 0.558. The van der Waals surface area contributed by atoms with Gasteiger partial charge in [-0.05, 0) is 13.4 Å². The van der Waals surface area contributed by atoms with Crippen molar-refractivity contribution in [2.24, 2.45) is 15.4 Å². The monoisotopic (exact) mass is 138 g/mol. The maximum Gasteiger partial charge on any atom is 0.0631 e. The summed E-state index contributed by atoms with van der Waals surface area (Å²) >= 11 is 0. The highest BCUT2D eigenvalue weighted by Crippen LogP contribution is 2.25. The van der Waals surface area contributed by atoms with E-state index >= 15 is 0 Å². The van der Waals surface area contributed by atoms with E-state index in [0.29, 0.717) is 0 Å². The second-order valence-electron chi connectivity index (χ2n) is 3.11. The SMILES string of the molecule is C=N/C=C(\N=C)C(C)(C)C. The Morgan fingerprint density at radius 3 is 1.90 bits per heavy atom. The Morgan fingerprint density at radius 1 is 1.30 bits per heavy atom. The van der Waals surface area contributed by atoms with Crippen LogP contribution in [0.2, 0.25) is 0 Å². The van der Waals surface area contributed by atoms with Crippen LogP contribution in [0.1, 0.15) is 20.8 Å². The summed E-state index contributed by atoms with van der Waals surface area (Å²) in [5.74, 6) is 0. The Labute approximate surface area is 62.4 Å². The van der Waals surface area contributed by atoms with Gasteiger partial charge in [-0.25, -0.2) is 0 Å². The Bertz CT molecular complexity index is 161. The van der Waals surface area contributed by atoms with Crippen LogP contribution >= 0.6 is 0 Å². The van der Waals surface area contributed by atoms with Crippen LogP contribution in [0.5, 0.6) is 0 Å². The zero-order chi connectivity index (χ0) is 8.20. The van der Waals surface area contributed by atoms with E-state index in [1.165, 1.54) is 0 Å². The third-order valence-corrected chi connectivity index (χ3v) is 1.15. The molecule has 0 saturated carbocycles. The molecule has 0 saturated heterocycles. The van der Waals surface area contributed by atoms with Crippen molar-refractivity contribution in [1.29, 1.82) is 0 Å². The smallest absolute Gasteiger partial charge is 0.0631 e. The van der Waals surface area contributed by atoms with E-state index in [0.717, 1.165) is 5.70 Å². The molecule has 0 atom stereocenters. The van der Waals surface area contributed by atoms with Gasteiger partial charge in [0.1, 0.15) is 0 Å². The molecule has 0 rings (SSSR count). The molecule has 0 aromatic rings. The van der Waals surface area contributed by atoms with Crippen LogP contribution in [0.3, 0.4) is 0 Å². The molecule has 0 amide bonds. The third kappa shape index (κ3) is 2.58. The molecule has 0 aromatic heterocycles. The van der Waals surface area contributed by atoms with Crippen LogP contribution in [0.15, 0.2) is 21.9 Å². The van der Waals surface area contributed by atoms with E-state index in [4.69, 9.17) is 0 Å². The quantitative estimate of drug-likeness (QED) is 0.523. The normalized spacial score (nSPS) is 12.9. The molecule has 56 valence electrons. The summed E-state index contributed by atoms with van der Waals surface area (Å²) in [6.45, 7) is 13.0. The number of allylic oxidation sites excluding steroid dienone is 1. The first-order valence-corrected chi connectivity index (χ1v) is 3.15. The van der Waals surface area contributed by atoms with Crippen molar-refractivity contribution in [3.05, 3.63) is 11.9 Å². The second kappa shape index (κ2) is 3.30. The maximum absolute atomic E-state index is 3.83. The van der Waals surface area contributed by atoms with E-state index in [1.807, 2.05) is 0 Å². The summed E-state index contributed by atoms with van der Waals surface area (Å²) < 4.78 is 0. The molecular formula is C8H14N2. The number of hydrogen-bond donors (Lipinski definition) is 0. The summed E-state index contributed by atoms with van der Waals surface area (Å²) in [6.07, 6.45) is 1.63. The standard InChI is InChI=1S/C8H14N2/c1-8(2,3)7(10-5)6-9-4/h6H,4-5H2,1-3H3/b7-6-. The van der Waals surface area contributed by atoms with Crippen molar-refractivity contribution in [3.8, 4) is 0 Å². The average molecular weight is 138 g/mol. The predicted molar refractivity (Wildman–Crippen MR) is 46.6 cm³/mol. The highest BCUT2D eigenvalue weighted by atomic mass is 14.8. The topological polar surface area (TPSA) is 24.7 Å². The van der Waals surface area contributed by atoms with Gasteiger partial charge in [0.25, 0.3) is 0 Å². The molecule has 0 radical (unpaired) electrons. The first kappa shape index (κ1) is 9.08. The van der Waals surface area contributed by atoms with Crippen molar-refractivity contribution < 1.29 is 0 Å². The van der Waals surface area contributed by atoms with E-state index in [1.54, 1.807) is 6.20 Å². The molecule has 0 aromatic carbocycles. The number of aliphatic imine (C=N–C) groups is 2. The lowest BCUT2D eigenvalue weighted by molar-refractivity contribution is 0.498. The molecule has 2 nitrogen and oxygen atoms in total. The summed E-state index contributed by atoms with van der Waals surface area (Å²) in [4.78, 5) is 7.45. The summed E-state index contributed by atoms with van der Waals surface area (Å²) in [7, 11) is 0. The Hall–Kier alpha value is -0.920. The molecule has 0 aliphatic heterocycles. The van der Waals surface area contributed by atoms with E-state index in [2.05, 4.69) is 44.2 Å². The zero-order valence-electron chi connectivity index (χ0n) is 6.89. The van der Waals surface area contributed by atoms with Gasteiger partial charge in [0, 0.05) is 11.6 Å². The van der Waals surface area contributed by atoms with E-state index < -0.39 is 0 Å². The highest BCUT2D eigenvalue weighted by molar-refractivity contribution is 5.32. The van der Waals surface area contributed by atoms with Gasteiger partial charge in [-0.15, -0.1) is 0 Å². The van der Waals surface area contributed by atoms with Crippen LogP contribution in [0.25, 0.3) is 0 Å². The molecule has 0 heterocycles. The zero-order valence-corrected chi connectivity index (χ0v) is 6.89. The van der Waals surface area contributed by atoms with Crippen LogP contribution in [-0.4, -0.2) is 13.4 Å². The molecule has 0 aliphatic rings. The Kier molecular flexibility index (Phi) is 3.00. The van der Waals surface area contributed by atoms with Gasteiger partial charge in [-0.1, -0.05) is 20.8 Å². The van der Waals surface area contributed by atoms with Crippen molar-refractivity contribution in [2.75, 3.05) is 0 Å². The second-order valence-corrected chi connectivity index (χ2v) is 3.11.